The Hall–Kier alpha value is -1.87. The normalized spacial score (nSPS) is 25.9. The summed E-state index contributed by atoms with van der Waals surface area (Å²) in [6.45, 7) is 18.9. The van der Waals surface area contributed by atoms with Crippen LogP contribution in [-0.2, 0) is 10.8 Å². The summed E-state index contributed by atoms with van der Waals surface area (Å²) in [4.78, 5) is 22.3. The number of rotatable bonds is 5. The molecule has 0 unspecified atom stereocenters. The Labute approximate surface area is 224 Å². The van der Waals surface area contributed by atoms with E-state index in [0.717, 1.165) is 69.3 Å². The smallest absolute Gasteiger partial charge is 0.192 e. The first-order valence-corrected chi connectivity index (χ1v) is 17.1. The Morgan fingerprint density at radius 1 is 1.05 bits per heavy atom. The van der Waals surface area contributed by atoms with E-state index in [2.05, 4.69) is 73.8 Å². The third-order valence-electron chi connectivity index (χ3n) is 9.15. The fourth-order valence-electron chi connectivity index (χ4n) is 5.99. The zero-order valence-corrected chi connectivity index (χ0v) is 25.0. The van der Waals surface area contributed by atoms with Crippen molar-refractivity contribution in [1.82, 2.24) is 24.8 Å². The predicted molar refractivity (Wildman–Crippen MR) is 153 cm³/mol. The van der Waals surface area contributed by atoms with Gasteiger partial charge in [0.15, 0.2) is 8.32 Å². The van der Waals surface area contributed by atoms with Gasteiger partial charge in [0, 0.05) is 45.0 Å². The van der Waals surface area contributed by atoms with Gasteiger partial charge in [-0.2, -0.15) is 0 Å². The largest absolute Gasteiger partial charge is 0.413 e. The lowest BCUT2D eigenvalue weighted by Gasteiger charge is -2.39. The second-order valence-electron chi connectivity index (χ2n) is 12.9. The molecule has 8 heteroatoms. The fraction of sp³-hybridized carbons (Fsp3) is 0.690. The summed E-state index contributed by atoms with van der Waals surface area (Å²) in [5.41, 5.74) is 3.81. The van der Waals surface area contributed by atoms with Crippen molar-refractivity contribution in [1.29, 1.82) is 0 Å². The molecule has 4 heterocycles. The van der Waals surface area contributed by atoms with Crippen LogP contribution in [0.15, 0.2) is 24.4 Å². The number of fused-ring (bicyclic) bond motifs is 1. The van der Waals surface area contributed by atoms with E-state index in [1.807, 2.05) is 13.1 Å². The molecule has 0 saturated carbocycles. The summed E-state index contributed by atoms with van der Waals surface area (Å²) in [5.74, 6) is 1.94. The van der Waals surface area contributed by atoms with E-state index in [0.29, 0.717) is 6.04 Å². The van der Waals surface area contributed by atoms with Gasteiger partial charge >= 0.3 is 0 Å². The highest BCUT2D eigenvalue weighted by atomic mass is 28.4. The van der Waals surface area contributed by atoms with Crippen LogP contribution in [0, 0.1) is 6.92 Å². The quantitative estimate of drug-likeness (QED) is 0.504. The van der Waals surface area contributed by atoms with Gasteiger partial charge in [-0.3, -0.25) is 9.88 Å². The van der Waals surface area contributed by atoms with Gasteiger partial charge in [0.1, 0.15) is 11.6 Å². The highest BCUT2D eigenvalue weighted by Gasteiger charge is 2.45. The first-order chi connectivity index (χ1) is 17.5. The van der Waals surface area contributed by atoms with E-state index in [1.54, 1.807) is 0 Å². The Bertz CT molecular complexity index is 1090. The highest BCUT2D eigenvalue weighted by Crippen LogP contribution is 2.46. The minimum absolute atomic E-state index is 0.189. The summed E-state index contributed by atoms with van der Waals surface area (Å²) in [7, 11) is 0.303. The number of likely N-dealkylation sites (N-methyl/N-ethyl adjacent to an activating group) is 1. The van der Waals surface area contributed by atoms with E-state index in [4.69, 9.17) is 19.4 Å². The molecule has 2 aromatic rings. The van der Waals surface area contributed by atoms with Gasteiger partial charge in [0.2, 0.25) is 0 Å². The van der Waals surface area contributed by atoms with Gasteiger partial charge in [-0.25, -0.2) is 9.97 Å². The lowest BCUT2D eigenvalue weighted by Crippen LogP contribution is -2.45. The second-order valence-corrected chi connectivity index (χ2v) is 17.6. The molecule has 0 amide bonds. The molecule has 0 N–H and O–H groups in total. The fourth-order valence-corrected chi connectivity index (χ4v) is 7.34. The maximum atomic E-state index is 7.03. The monoisotopic (exact) mass is 522 g/mol. The number of pyridine rings is 1. The van der Waals surface area contributed by atoms with Gasteiger partial charge in [-0.15, -0.1) is 0 Å². The van der Waals surface area contributed by atoms with Crippen LogP contribution in [0.5, 0.6) is 0 Å². The van der Waals surface area contributed by atoms with Crippen LogP contribution >= 0.6 is 0 Å². The van der Waals surface area contributed by atoms with Crippen molar-refractivity contribution in [3.8, 4) is 0 Å². The van der Waals surface area contributed by atoms with Gasteiger partial charge in [0.25, 0.3) is 0 Å². The molecule has 5 rings (SSSR count). The summed E-state index contributed by atoms with van der Waals surface area (Å²) >= 11 is 0. The lowest BCUT2D eigenvalue weighted by molar-refractivity contribution is 0.135. The molecule has 7 nitrogen and oxygen atoms in total. The molecule has 2 saturated heterocycles. The molecule has 0 radical (unpaired) electrons. The summed E-state index contributed by atoms with van der Waals surface area (Å²) < 4.78 is 7.03. The number of anilines is 1. The molecule has 3 atom stereocenters. The van der Waals surface area contributed by atoms with E-state index >= 15 is 0 Å². The molecule has 37 heavy (non-hydrogen) atoms. The molecule has 2 aromatic heterocycles. The van der Waals surface area contributed by atoms with Crippen LogP contribution in [0.3, 0.4) is 0 Å². The number of aryl methyl sites for hydroxylation is 2. The molecule has 3 aliphatic rings. The first-order valence-electron chi connectivity index (χ1n) is 14.2. The molecule has 2 aliphatic heterocycles. The van der Waals surface area contributed by atoms with Crippen molar-refractivity contribution in [2.75, 3.05) is 44.7 Å². The van der Waals surface area contributed by atoms with Crippen molar-refractivity contribution in [2.24, 2.45) is 0 Å². The zero-order chi connectivity index (χ0) is 26.4. The van der Waals surface area contributed by atoms with Crippen molar-refractivity contribution in [3.63, 3.8) is 0 Å². The van der Waals surface area contributed by atoms with Crippen LogP contribution < -0.4 is 4.90 Å². The number of likely N-dealkylation sites (tertiary alicyclic amines) is 1. The maximum absolute atomic E-state index is 7.03. The Kier molecular flexibility index (Phi) is 7.48. The van der Waals surface area contributed by atoms with Crippen molar-refractivity contribution in [2.45, 2.75) is 89.7 Å². The number of aromatic nitrogens is 3. The lowest BCUT2D eigenvalue weighted by atomic mass is 9.90. The topological polar surface area (TPSA) is 57.6 Å². The second kappa shape index (κ2) is 10.4. The number of piperazine rings is 1. The number of hydrogen-bond donors (Lipinski definition) is 0. The van der Waals surface area contributed by atoms with E-state index < -0.39 is 8.32 Å². The molecule has 1 aliphatic carbocycles. The summed E-state index contributed by atoms with van der Waals surface area (Å²) in [5, 5.41) is 0.189. The van der Waals surface area contributed by atoms with Crippen LogP contribution in [0.1, 0.15) is 74.9 Å². The minimum Gasteiger partial charge on any atom is -0.413 e. The molecule has 2 fully saturated rings. The molecule has 0 aromatic carbocycles. The number of hydrogen-bond acceptors (Lipinski definition) is 7. The van der Waals surface area contributed by atoms with Crippen molar-refractivity contribution < 1.29 is 4.43 Å². The van der Waals surface area contributed by atoms with E-state index in [9.17, 15) is 0 Å². The zero-order valence-electron chi connectivity index (χ0n) is 24.0. The predicted octanol–water partition coefficient (Wildman–Crippen LogP) is 5.15. The van der Waals surface area contributed by atoms with Crippen molar-refractivity contribution in [3.05, 3.63) is 47.2 Å². The molecule has 0 bridgehead atoms. The SMILES string of the molecule is Cc1nc([C@H]2C[C@@H](O[Si](C)(C)C(C)(C)C)CN2[C@H]2CCCc3cccnc32)cc(N2CCN(C)CC2)n1. The average Bonchev–Trinajstić information content (AvgIpc) is 3.26. The third kappa shape index (κ3) is 5.63. The maximum Gasteiger partial charge on any atom is 0.192 e. The van der Waals surface area contributed by atoms with Gasteiger partial charge in [0.05, 0.1) is 29.6 Å². The molecular formula is C29H46N6OSi. The molecular weight excluding hydrogens is 476 g/mol. The summed E-state index contributed by atoms with van der Waals surface area (Å²) in [6, 6.07) is 7.14. The Morgan fingerprint density at radius 2 is 1.81 bits per heavy atom. The third-order valence-corrected chi connectivity index (χ3v) is 13.7. The Morgan fingerprint density at radius 3 is 2.54 bits per heavy atom. The van der Waals surface area contributed by atoms with E-state index in [1.165, 1.54) is 17.7 Å². The number of nitrogens with zero attached hydrogens (tertiary/aromatic N) is 6. The molecule has 202 valence electrons. The summed E-state index contributed by atoms with van der Waals surface area (Å²) in [6.07, 6.45) is 6.62. The van der Waals surface area contributed by atoms with Crippen LogP contribution in [0.25, 0.3) is 0 Å². The van der Waals surface area contributed by atoms with E-state index in [-0.39, 0.29) is 17.2 Å². The average molecular weight is 523 g/mol. The van der Waals surface area contributed by atoms with Gasteiger partial charge < -0.3 is 14.2 Å². The van der Waals surface area contributed by atoms with Crippen LogP contribution in [-0.4, -0.2) is 78.9 Å². The van der Waals surface area contributed by atoms with Crippen LogP contribution in [0.2, 0.25) is 18.1 Å². The van der Waals surface area contributed by atoms with Crippen LogP contribution in [0.4, 0.5) is 5.82 Å². The standard InChI is InChI=1S/C29H46N6OSi/c1-21-31-24(19-27(32-21)34-16-14-33(5)15-17-34)26-18-23(36-37(6,7)29(2,3)4)20-35(26)25-12-8-10-22-11-9-13-30-28(22)25/h9,11,13,19,23,25-26H,8,10,12,14-18,20H2,1-7H3/t23-,25+,26-/m1/s1. The first kappa shape index (κ1) is 26.7. The van der Waals surface area contributed by atoms with Gasteiger partial charge in [-0.05, 0) is 69.4 Å². The highest BCUT2D eigenvalue weighted by molar-refractivity contribution is 6.74. The van der Waals surface area contributed by atoms with Crippen molar-refractivity contribution >= 4 is 14.1 Å². The Balaban J connectivity index is 1.48. The van der Waals surface area contributed by atoms with Gasteiger partial charge in [-0.1, -0.05) is 26.8 Å². The molecule has 0 spiro atoms. The minimum atomic E-state index is -1.89.